The van der Waals surface area contributed by atoms with Crippen molar-refractivity contribution >= 4 is 17.5 Å². The number of hydrogen-bond donors (Lipinski definition) is 2. The molecule has 0 aliphatic heterocycles. The Balaban J connectivity index is 1.79. The Hall–Kier alpha value is -1.85. The lowest BCUT2D eigenvalue weighted by atomic mass is 10.1. The number of rotatable bonds is 6. The minimum atomic E-state index is -1.18. The van der Waals surface area contributed by atoms with Crippen molar-refractivity contribution in [1.82, 2.24) is 10.5 Å². The van der Waals surface area contributed by atoms with Crippen molar-refractivity contribution in [3.8, 4) is 0 Å². The van der Waals surface area contributed by atoms with Crippen LogP contribution in [0.5, 0.6) is 0 Å². The van der Waals surface area contributed by atoms with Crippen LogP contribution in [0.3, 0.4) is 0 Å². The fourth-order valence-electron chi connectivity index (χ4n) is 2.23. The van der Waals surface area contributed by atoms with Gasteiger partial charge in [-0.25, -0.2) is 0 Å². The van der Waals surface area contributed by atoms with Crippen molar-refractivity contribution in [3.05, 3.63) is 51.9 Å². The number of carbonyl (C=O) groups excluding carboxylic acids is 1. The van der Waals surface area contributed by atoms with Crippen molar-refractivity contribution in [3.63, 3.8) is 0 Å². The van der Waals surface area contributed by atoms with Crippen LogP contribution in [0.2, 0.25) is 5.02 Å². The molecule has 0 aliphatic carbocycles. The largest absolute Gasteiger partial charge is 0.378 e. The molecule has 22 heavy (non-hydrogen) atoms. The molecule has 0 fully saturated rings. The van der Waals surface area contributed by atoms with Gasteiger partial charge in [0.15, 0.2) is 6.10 Å². The summed E-state index contributed by atoms with van der Waals surface area (Å²) in [5.74, 6) is 0.395. The third kappa shape index (κ3) is 4.08. The van der Waals surface area contributed by atoms with E-state index in [-0.39, 0.29) is 0 Å². The van der Waals surface area contributed by atoms with E-state index in [1.807, 2.05) is 13.8 Å². The Morgan fingerprint density at radius 3 is 2.64 bits per heavy atom. The van der Waals surface area contributed by atoms with Gasteiger partial charge in [0.1, 0.15) is 5.76 Å². The average molecular weight is 323 g/mol. The summed E-state index contributed by atoms with van der Waals surface area (Å²) < 4.78 is 5.09. The number of carbonyl (C=O) groups is 1. The zero-order valence-electron chi connectivity index (χ0n) is 12.6. The number of aliphatic hydroxyl groups is 1. The van der Waals surface area contributed by atoms with Gasteiger partial charge >= 0.3 is 0 Å². The van der Waals surface area contributed by atoms with Crippen LogP contribution in [0, 0.1) is 13.8 Å². The summed E-state index contributed by atoms with van der Waals surface area (Å²) in [5, 5.41) is 17.2. The third-order valence-corrected chi connectivity index (χ3v) is 3.77. The number of benzene rings is 1. The van der Waals surface area contributed by atoms with E-state index < -0.39 is 12.0 Å². The molecule has 0 saturated heterocycles. The summed E-state index contributed by atoms with van der Waals surface area (Å²) in [6, 6.07) is 6.56. The van der Waals surface area contributed by atoms with Crippen LogP contribution in [-0.4, -0.2) is 22.7 Å². The molecule has 5 nitrogen and oxygen atoms in total. The van der Waals surface area contributed by atoms with E-state index in [9.17, 15) is 9.90 Å². The molecule has 2 rings (SSSR count). The predicted octanol–water partition coefficient (Wildman–Crippen LogP) is 2.73. The lowest BCUT2D eigenvalue weighted by molar-refractivity contribution is -0.129. The van der Waals surface area contributed by atoms with Crippen LogP contribution >= 0.6 is 11.6 Å². The summed E-state index contributed by atoms with van der Waals surface area (Å²) in [4.78, 5) is 11.9. The molecular weight excluding hydrogens is 304 g/mol. The number of hydrogen-bond acceptors (Lipinski definition) is 4. The van der Waals surface area contributed by atoms with Crippen LogP contribution in [0.4, 0.5) is 0 Å². The molecule has 118 valence electrons. The maximum atomic E-state index is 11.9. The minimum absolute atomic E-state index is 0.416. The molecule has 0 saturated carbocycles. The number of aliphatic hydroxyl groups excluding tert-OH is 1. The van der Waals surface area contributed by atoms with Gasteiger partial charge in [0.2, 0.25) is 0 Å². The quantitative estimate of drug-likeness (QED) is 0.802. The first-order valence-electron chi connectivity index (χ1n) is 7.12. The first kappa shape index (κ1) is 16.5. The van der Waals surface area contributed by atoms with Crippen molar-refractivity contribution in [2.45, 2.75) is 32.8 Å². The third-order valence-electron chi connectivity index (χ3n) is 3.52. The molecule has 1 aromatic heterocycles. The standard InChI is InChI=1S/C16H19ClN2O3/c1-10-14(11(2)22-19-10)4-3-9-18-16(21)15(20)12-5-7-13(17)8-6-12/h5-8,15,20H,3-4,9H2,1-2H3,(H,18,21). The van der Waals surface area contributed by atoms with Gasteiger partial charge in [0.25, 0.3) is 5.91 Å². The Morgan fingerprint density at radius 1 is 1.36 bits per heavy atom. The predicted molar refractivity (Wildman–Crippen MR) is 83.7 cm³/mol. The summed E-state index contributed by atoms with van der Waals surface area (Å²) >= 11 is 5.78. The van der Waals surface area contributed by atoms with E-state index >= 15 is 0 Å². The molecule has 1 atom stereocenters. The summed E-state index contributed by atoms with van der Waals surface area (Å²) in [6.45, 7) is 4.25. The number of nitrogens with one attached hydrogen (secondary N) is 1. The lowest BCUT2D eigenvalue weighted by Gasteiger charge is -2.11. The van der Waals surface area contributed by atoms with E-state index in [1.165, 1.54) is 0 Å². The normalized spacial score (nSPS) is 12.2. The highest BCUT2D eigenvalue weighted by atomic mass is 35.5. The van der Waals surface area contributed by atoms with Gasteiger partial charge in [-0.3, -0.25) is 4.79 Å². The van der Waals surface area contributed by atoms with Gasteiger partial charge < -0.3 is 14.9 Å². The van der Waals surface area contributed by atoms with Crippen LogP contribution in [0.15, 0.2) is 28.8 Å². The van der Waals surface area contributed by atoms with E-state index in [1.54, 1.807) is 24.3 Å². The summed E-state index contributed by atoms with van der Waals surface area (Å²) in [6.07, 6.45) is 0.344. The maximum Gasteiger partial charge on any atom is 0.253 e. The van der Waals surface area contributed by atoms with Crippen LogP contribution in [0.1, 0.15) is 35.1 Å². The molecule has 6 heteroatoms. The van der Waals surface area contributed by atoms with Gasteiger partial charge in [0.05, 0.1) is 5.69 Å². The molecule has 0 aliphatic rings. The zero-order chi connectivity index (χ0) is 16.1. The molecule has 1 heterocycles. The Kier molecular flexibility index (Phi) is 5.57. The molecular formula is C16H19ClN2O3. The van der Waals surface area contributed by atoms with Gasteiger partial charge in [-0.1, -0.05) is 28.9 Å². The highest BCUT2D eigenvalue weighted by molar-refractivity contribution is 6.30. The second kappa shape index (κ2) is 7.42. The van der Waals surface area contributed by atoms with Gasteiger partial charge in [-0.15, -0.1) is 0 Å². The smallest absolute Gasteiger partial charge is 0.253 e. The number of aryl methyl sites for hydroxylation is 2. The second-order valence-electron chi connectivity index (χ2n) is 5.15. The van der Waals surface area contributed by atoms with Crippen LogP contribution in [0.25, 0.3) is 0 Å². The van der Waals surface area contributed by atoms with E-state index in [2.05, 4.69) is 10.5 Å². The fraction of sp³-hybridized carbons (Fsp3) is 0.375. The SMILES string of the molecule is Cc1noc(C)c1CCCNC(=O)C(O)c1ccc(Cl)cc1. The van der Waals surface area contributed by atoms with Gasteiger partial charge in [0, 0.05) is 17.1 Å². The second-order valence-corrected chi connectivity index (χ2v) is 5.59. The van der Waals surface area contributed by atoms with Crippen molar-refractivity contribution in [2.24, 2.45) is 0 Å². The van der Waals surface area contributed by atoms with Crippen molar-refractivity contribution < 1.29 is 14.4 Å². The van der Waals surface area contributed by atoms with Crippen molar-refractivity contribution in [1.29, 1.82) is 0 Å². The highest BCUT2D eigenvalue weighted by Gasteiger charge is 2.16. The van der Waals surface area contributed by atoms with E-state index in [0.29, 0.717) is 17.1 Å². The highest BCUT2D eigenvalue weighted by Crippen LogP contribution is 2.17. The summed E-state index contributed by atoms with van der Waals surface area (Å²) in [5.41, 5.74) is 2.48. The Morgan fingerprint density at radius 2 is 2.05 bits per heavy atom. The average Bonchev–Trinajstić information content (AvgIpc) is 2.82. The fourth-order valence-corrected chi connectivity index (χ4v) is 2.35. The number of nitrogens with zero attached hydrogens (tertiary/aromatic N) is 1. The monoisotopic (exact) mass is 322 g/mol. The zero-order valence-corrected chi connectivity index (χ0v) is 13.4. The van der Waals surface area contributed by atoms with E-state index in [4.69, 9.17) is 16.1 Å². The van der Waals surface area contributed by atoms with E-state index in [0.717, 1.165) is 29.9 Å². The Bertz CT molecular complexity index is 618. The topological polar surface area (TPSA) is 75.4 Å². The van der Waals surface area contributed by atoms with Gasteiger partial charge in [-0.2, -0.15) is 0 Å². The minimum Gasteiger partial charge on any atom is -0.378 e. The lowest BCUT2D eigenvalue weighted by Crippen LogP contribution is -2.30. The molecule has 2 N–H and O–H groups in total. The molecule has 1 unspecified atom stereocenters. The first-order valence-corrected chi connectivity index (χ1v) is 7.50. The molecule has 1 aromatic carbocycles. The molecule has 0 bridgehead atoms. The number of amides is 1. The molecule has 2 aromatic rings. The first-order chi connectivity index (χ1) is 10.5. The van der Waals surface area contributed by atoms with Crippen LogP contribution < -0.4 is 5.32 Å². The van der Waals surface area contributed by atoms with Gasteiger partial charge in [-0.05, 0) is 44.4 Å². The maximum absolute atomic E-state index is 11.9. The number of halogens is 1. The van der Waals surface area contributed by atoms with Crippen LogP contribution in [-0.2, 0) is 11.2 Å². The molecule has 1 amide bonds. The summed E-state index contributed by atoms with van der Waals surface area (Å²) in [7, 11) is 0. The molecule has 0 radical (unpaired) electrons. The molecule has 0 spiro atoms. The van der Waals surface area contributed by atoms with Crippen molar-refractivity contribution in [2.75, 3.05) is 6.54 Å². The Labute approximate surface area is 134 Å². The number of aromatic nitrogens is 1.